The molecular formula is C17H26N2O. The fraction of sp³-hybridized carbons (Fsp3) is 0.529. The van der Waals surface area contributed by atoms with Crippen molar-refractivity contribution in [3.05, 3.63) is 36.0 Å². The Morgan fingerprint density at radius 3 is 2.85 bits per heavy atom. The molecule has 0 aliphatic heterocycles. The quantitative estimate of drug-likeness (QED) is 0.746. The van der Waals surface area contributed by atoms with Gasteiger partial charge in [0.05, 0.1) is 6.61 Å². The van der Waals surface area contributed by atoms with Crippen LogP contribution in [0.4, 0.5) is 0 Å². The maximum atomic E-state index is 5.68. The fourth-order valence-electron chi connectivity index (χ4n) is 2.29. The van der Waals surface area contributed by atoms with Gasteiger partial charge in [0.2, 0.25) is 0 Å². The number of hydrogen-bond acceptors (Lipinski definition) is 2. The van der Waals surface area contributed by atoms with Crippen LogP contribution in [0, 0.1) is 5.92 Å². The van der Waals surface area contributed by atoms with Crippen LogP contribution in [0.2, 0.25) is 0 Å². The summed E-state index contributed by atoms with van der Waals surface area (Å²) in [4.78, 5) is 0. The number of nitrogens with zero attached hydrogens (tertiary/aromatic N) is 1. The molecule has 20 heavy (non-hydrogen) atoms. The molecule has 0 atom stereocenters. The predicted octanol–water partition coefficient (Wildman–Crippen LogP) is 3.42. The molecule has 0 radical (unpaired) electrons. The summed E-state index contributed by atoms with van der Waals surface area (Å²) >= 11 is 0. The first-order valence-corrected chi connectivity index (χ1v) is 7.57. The summed E-state index contributed by atoms with van der Waals surface area (Å²) in [7, 11) is 0. The molecule has 0 bridgehead atoms. The van der Waals surface area contributed by atoms with Crippen molar-refractivity contribution in [1.29, 1.82) is 0 Å². The first-order valence-electron chi connectivity index (χ1n) is 7.57. The van der Waals surface area contributed by atoms with Crippen molar-refractivity contribution in [1.82, 2.24) is 9.88 Å². The Labute approximate surface area is 121 Å². The van der Waals surface area contributed by atoms with Gasteiger partial charge in [0.15, 0.2) is 0 Å². The van der Waals surface area contributed by atoms with Crippen LogP contribution in [0.15, 0.2) is 30.5 Å². The number of hydrogen-bond donors (Lipinski definition) is 1. The van der Waals surface area contributed by atoms with Crippen LogP contribution in [0.5, 0.6) is 0 Å². The van der Waals surface area contributed by atoms with Crippen molar-refractivity contribution in [2.24, 2.45) is 5.92 Å². The second kappa shape index (κ2) is 7.46. The average molecular weight is 274 g/mol. The third-order valence-electron chi connectivity index (χ3n) is 3.35. The van der Waals surface area contributed by atoms with E-state index in [0.717, 1.165) is 32.8 Å². The smallest absolute Gasteiger partial charge is 0.0645 e. The van der Waals surface area contributed by atoms with Crippen molar-refractivity contribution < 1.29 is 4.74 Å². The molecule has 1 aromatic heterocycles. The van der Waals surface area contributed by atoms with E-state index in [1.54, 1.807) is 0 Å². The number of nitrogens with one attached hydrogen (secondary N) is 1. The van der Waals surface area contributed by atoms with Gasteiger partial charge in [-0.15, -0.1) is 0 Å². The van der Waals surface area contributed by atoms with E-state index in [4.69, 9.17) is 4.74 Å². The molecular weight excluding hydrogens is 248 g/mol. The maximum absolute atomic E-state index is 5.68. The number of benzene rings is 1. The second-order valence-electron chi connectivity index (χ2n) is 5.65. The average Bonchev–Trinajstić information content (AvgIpc) is 2.83. The lowest BCUT2D eigenvalue weighted by Gasteiger charge is -2.09. The molecule has 2 aromatic rings. The number of aromatic nitrogens is 1. The third-order valence-corrected chi connectivity index (χ3v) is 3.35. The van der Waals surface area contributed by atoms with E-state index in [1.807, 2.05) is 0 Å². The highest BCUT2D eigenvalue weighted by Gasteiger charge is 2.03. The molecule has 1 N–H and O–H groups in total. The number of ether oxygens (including phenoxy) is 1. The first-order chi connectivity index (χ1) is 9.70. The van der Waals surface area contributed by atoms with E-state index in [0.29, 0.717) is 5.92 Å². The summed E-state index contributed by atoms with van der Waals surface area (Å²) < 4.78 is 7.96. The van der Waals surface area contributed by atoms with Gasteiger partial charge in [-0.1, -0.05) is 32.9 Å². The zero-order valence-corrected chi connectivity index (χ0v) is 12.9. The Bertz CT molecular complexity index is 531. The summed E-state index contributed by atoms with van der Waals surface area (Å²) in [6.07, 6.45) is 2.15. The molecule has 0 aliphatic rings. The summed E-state index contributed by atoms with van der Waals surface area (Å²) in [5.41, 5.74) is 2.64. The third kappa shape index (κ3) is 4.09. The molecule has 2 rings (SSSR count). The van der Waals surface area contributed by atoms with E-state index >= 15 is 0 Å². The lowest BCUT2D eigenvalue weighted by Crippen LogP contribution is -2.12. The zero-order chi connectivity index (χ0) is 14.4. The van der Waals surface area contributed by atoms with Crippen LogP contribution in [-0.2, 0) is 17.8 Å². The normalized spacial score (nSPS) is 11.6. The molecule has 110 valence electrons. The highest BCUT2D eigenvalue weighted by Crippen LogP contribution is 2.17. The highest BCUT2D eigenvalue weighted by molar-refractivity contribution is 5.80. The monoisotopic (exact) mass is 274 g/mol. The van der Waals surface area contributed by atoms with Gasteiger partial charge in [0.25, 0.3) is 0 Å². The van der Waals surface area contributed by atoms with E-state index in [2.05, 4.69) is 61.1 Å². The number of rotatable bonds is 8. The minimum atomic E-state index is 0.600. The molecule has 0 spiro atoms. The Hall–Kier alpha value is -1.32. The van der Waals surface area contributed by atoms with Crippen LogP contribution < -0.4 is 5.32 Å². The fourth-order valence-corrected chi connectivity index (χ4v) is 2.29. The molecule has 0 saturated carbocycles. The zero-order valence-electron chi connectivity index (χ0n) is 12.9. The van der Waals surface area contributed by atoms with Crippen LogP contribution in [-0.4, -0.2) is 24.3 Å². The molecule has 0 saturated heterocycles. The molecule has 3 heteroatoms. The maximum Gasteiger partial charge on any atom is 0.0645 e. The molecule has 0 amide bonds. The molecule has 0 aliphatic carbocycles. The molecule has 1 aromatic carbocycles. The first kappa shape index (κ1) is 15.1. The predicted molar refractivity (Wildman–Crippen MR) is 85.0 cm³/mol. The van der Waals surface area contributed by atoms with Crippen LogP contribution in [0.25, 0.3) is 10.9 Å². The van der Waals surface area contributed by atoms with E-state index in [-0.39, 0.29) is 0 Å². The van der Waals surface area contributed by atoms with Gasteiger partial charge in [0, 0.05) is 31.4 Å². The van der Waals surface area contributed by atoms with Crippen molar-refractivity contribution in [2.45, 2.75) is 33.9 Å². The van der Waals surface area contributed by atoms with Gasteiger partial charge < -0.3 is 14.6 Å². The SMILES string of the molecule is CCNCc1ccc2ccn(CCOCC(C)C)c2c1. The largest absolute Gasteiger partial charge is 0.379 e. The topological polar surface area (TPSA) is 26.2 Å². The van der Waals surface area contributed by atoms with Crippen molar-refractivity contribution in [3.63, 3.8) is 0 Å². The van der Waals surface area contributed by atoms with Crippen LogP contribution in [0.1, 0.15) is 26.3 Å². The van der Waals surface area contributed by atoms with Gasteiger partial charge in [-0.3, -0.25) is 0 Å². The highest BCUT2D eigenvalue weighted by atomic mass is 16.5. The summed E-state index contributed by atoms with van der Waals surface area (Å²) in [6, 6.07) is 8.85. The van der Waals surface area contributed by atoms with Crippen LogP contribution in [0.3, 0.4) is 0 Å². The standard InChI is InChI=1S/C17H26N2O/c1-4-18-12-15-5-6-16-7-8-19(17(16)11-15)9-10-20-13-14(2)3/h5-8,11,14,18H,4,9-10,12-13H2,1-3H3. The summed E-state index contributed by atoms with van der Waals surface area (Å²) in [6.45, 7) is 11.0. The van der Waals surface area contributed by atoms with Crippen molar-refractivity contribution >= 4 is 10.9 Å². The van der Waals surface area contributed by atoms with Gasteiger partial charge in [0.1, 0.15) is 0 Å². The Morgan fingerprint density at radius 2 is 2.10 bits per heavy atom. The van der Waals surface area contributed by atoms with Crippen LogP contribution >= 0.6 is 0 Å². The van der Waals surface area contributed by atoms with Gasteiger partial charge in [-0.05, 0) is 35.5 Å². The Balaban J connectivity index is 2.01. The second-order valence-corrected chi connectivity index (χ2v) is 5.65. The van der Waals surface area contributed by atoms with E-state index in [1.165, 1.54) is 16.5 Å². The minimum absolute atomic E-state index is 0.600. The Kier molecular flexibility index (Phi) is 5.62. The molecule has 0 fully saturated rings. The van der Waals surface area contributed by atoms with Crippen molar-refractivity contribution in [2.75, 3.05) is 19.8 Å². The van der Waals surface area contributed by atoms with E-state index in [9.17, 15) is 0 Å². The molecule has 3 nitrogen and oxygen atoms in total. The number of fused-ring (bicyclic) bond motifs is 1. The van der Waals surface area contributed by atoms with E-state index < -0.39 is 0 Å². The van der Waals surface area contributed by atoms with Gasteiger partial charge >= 0.3 is 0 Å². The molecule has 1 heterocycles. The summed E-state index contributed by atoms with van der Waals surface area (Å²) in [5.74, 6) is 0.600. The summed E-state index contributed by atoms with van der Waals surface area (Å²) in [5, 5.41) is 4.67. The lowest BCUT2D eigenvalue weighted by atomic mass is 10.1. The lowest BCUT2D eigenvalue weighted by molar-refractivity contribution is 0.104. The van der Waals surface area contributed by atoms with Gasteiger partial charge in [-0.25, -0.2) is 0 Å². The Morgan fingerprint density at radius 1 is 1.25 bits per heavy atom. The van der Waals surface area contributed by atoms with Crippen molar-refractivity contribution in [3.8, 4) is 0 Å². The van der Waals surface area contributed by atoms with Gasteiger partial charge in [-0.2, -0.15) is 0 Å². The minimum Gasteiger partial charge on any atom is -0.379 e. The molecule has 0 unspecified atom stereocenters.